The molecule has 0 aliphatic carbocycles. The van der Waals surface area contributed by atoms with Crippen molar-refractivity contribution < 1.29 is 14.3 Å². The van der Waals surface area contributed by atoms with E-state index in [0.29, 0.717) is 13.1 Å². The summed E-state index contributed by atoms with van der Waals surface area (Å²) in [5, 5.41) is 9.44. The number of hydrogen-bond donors (Lipinski definition) is 1. The van der Waals surface area contributed by atoms with Gasteiger partial charge in [-0.1, -0.05) is 12.1 Å². The molecule has 0 radical (unpaired) electrons. The molecule has 0 spiro atoms. The highest BCUT2D eigenvalue weighted by molar-refractivity contribution is 5.78. The number of benzene rings is 1. The lowest BCUT2D eigenvalue weighted by Crippen LogP contribution is -2.51. The number of rotatable bonds is 6. The van der Waals surface area contributed by atoms with Crippen molar-refractivity contribution in [1.82, 2.24) is 14.7 Å². The van der Waals surface area contributed by atoms with Crippen LogP contribution in [-0.2, 0) is 4.79 Å². The van der Waals surface area contributed by atoms with Gasteiger partial charge in [0.05, 0.1) is 18.7 Å². The molecule has 0 unspecified atom stereocenters. The zero-order valence-corrected chi connectivity index (χ0v) is 14.8. The topological polar surface area (TPSA) is 47.0 Å². The smallest absolute Gasteiger partial charge is 0.236 e. The molecule has 1 aromatic rings. The number of amides is 1. The Bertz CT molecular complexity index is 528. The van der Waals surface area contributed by atoms with Crippen LogP contribution in [0.15, 0.2) is 24.3 Å². The Balaban J connectivity index is 1.82. The minimum atomic E-state index is -0.319. The van der Waals surface area contributed by atoms with Gasteiger partial charge < -0.3 is 10.0 Å². The summed E-state index contributed by atoms with van der Waals surface area (Å²) in [7, 11) is 1.79. The van der Waals surface area contributed by atoms with Crippen molar-refractivity contribution in [2.24, 2.45) is 0 Å². The molecule has 1 aliphatic heterocycles. The fourth-order valence-electron chi connectivity index (χ4n) is 2.99. The van der Waals surface area contributed by atoms with E-state index < -0.39 is 0 Å². The first-order valence-electron chi connectivity index (χ1n) is 8.50. The Morgan fingerprint density at radius 3 is 2.25 bits per heavy atom. The number of nitrogens with zero attached hydrogens (tertiary/aromatic N) is 3. The Morgan fingerprint density at radius 2 is 1.71 bits per heavy atom. The van der Waals surface area contributed by atoms with Crippen molar-refractivity contribution in [3.63, 3.8) is 0 Å². The number of β-amino-alcohol motifs (C(OH)–C–C–N with tert-alkyl or cyclic N) is 1. The molecule has 1 saturated heterocycles. The van der Waals surface area contributed by atoms with E-state index in [2.05, 4.69) is 9.80 Å². The van der Waals surface area contributed by atoms with Gasteiger partial charge in [-0.15, -0.1) is 0 Å². The molecule has 134 valence electrons. The molecular formula is C18H28FN3O2. The number of hydrogen-bond acceptors (Lipinski definition) is 4. The Hall–Kier alpha value is -1.50. The van der Waals surface area contributed by atoms with Crippen molar-refractivity contribution in [3.05, 3.63) is 35.6 Å². The molecule has 0 bridgehead atoms. The van der Waals surface area contributed by atoms with Crippen LogP contribution in [0, 0.1) is 5.82 Å². The highest BCUT2D eigenvalue weighted by Gasteiger charge is 2.23. The lowest BCUT2D eigenvalue weighted by atomic mass is 10.1. The predicted molar refractivity (Wildman–Crippen MR) is 92.1 cm³/mol. The van der Waals surface area contributed by atoms with Crippen LogP contribution >= 0.6 is 0 Å². The second kappa shape index (κ2) is 8.55. The zero-order chi connectivity index (χ0) is 17.7. The largest absolute Gasteiger partial charge is 0.392 e. The minimum Gasteiger partial charge on any atom is -0.392 e. The summed E-state index contributed by atoms with van der Waals surface area (Å²) in [5.74, 6) is -0.203. The summed E-state index contributed by atoms with van der Waals surface area (Å²) in [5.41, 5.74) is 0.925. The third-order valence-corrected chi connectivity index (χ3v) is 4.67. The van der Waals surface area contributed by atoms with Crippen LogP contribution < -0.4 is 0 Å². The van der Waals surface area contributed by atoms with Crippen molar-refractivity contribution >= 4 is 5.91 Å². The van der Waals surface area contributed by atoms with Crippen LogP contribution in [-0.4, -0.2) is 78.1 Å². The van der Waals surface area contributed by atoms with Crippen LogP contribution in [0.1, 0.15) is 25.5 Å². The number of carbonyl (C=O) groups is 1. The molecule has 6 heteroatoms. The number of aliphatic hydroxyl groups excluding tert-OH is 1. The van der Waals surface area contributed by atoms with Crippen LogP contribution in [0.2, 0.25) is 0 Å². The molecule has 1 N–H and O–H groups in total. The predicted octanol–water partition coefficient (Wildman–Crippen LogP) is 1.34. The molecule has 1 heterocycles. The van der Waals surface area contributed by atoms with Gasteiger partial charge >= 0.3 is 0 Å². The molecule has 24 heavy (non-hydrogen) atoms. The van der Waals surface area contributed by atoms with E-state index in [4.69, 9.17) is 0 Å². The first-order valence-corrected chi connectivity index (χ1v) is 8.50. The van der Waals surface area contributed by atoms with Gasteiger partial charge in [0.25, 0.3) is 0 Å². The van der Waals surface area contributed by atoms with Crippen molar-refractivity contribution in [1.29, 1.82) is 0 Å². The number of likely N-dealkylation sites (N-methyl/N-ethyl adjacent to an activating group) is 1. The second-order valence-corrected chi connectivity index (χ2v) is 6.66. The quantitative estimate of drug-likeness (QED) is 0.851. The first kappa shape index (κ1) is 18.8. The number of carbonyl (C=O) groups excluding carboxylic acids is 1. The highest BCUT2D eigenvalue weighted by Crippen LogP contribution is 2.19. The Morgan fingerprint density at radius 1 is 1.17 bits per heavy atom. The number of piperazine rings is 1. The minimum absolute atomic E-state index is 0.0656. The van der Waals surface area contributed by atoms with Gasteiger partial charge in [0.15, 0.2) is 0 Å². The number of aliphatic hydroxyl groups is 1. The third-order valence-electron chi connectivity index (χ3n) is 4.67. The zero-order valence-electron chi connectivity index (χ0n) is 14.8. The van der Waals surface area contributed by atoms with Crippen LogP contribution in [0.3, 0.4) is 0 Å². The SMILES string of the molecule is C[C@H](c1ccc(F)cc1)N(C)C(=O)CN1CCN(C[C@@H](C)O)CC1. The van der Waals surface area contributed by atoms with E-state index in [1.807, 2.05) is 6.92 Å². The van der Waals surface area contributed by atoms with E-state index in [-0.39, 0.29) is 23.9 Å². The maximum atomic E-state index is 13.0. The highest BCUT2D eigenvalue weighted by atomic mass is 19.1. The Kier molecular flexibility index (Phi) is 6.71. The fourth-order valence-corrected chi connectivity index (χ4v) is 2.99. The standard InChI is InChI=1S/C18H28FN3O2/c1-14(23)12-21-8-10-22(11-9-21)13-18(24)20(3)15(2)16-4-6-17(19)7-5-16/h4-7,14-15,23H,8-13H2,1-3H3/t14-,15-/m1/s1. The molecule has 0 saturated carbocycles. The average molecular weight is 337 g/mol. The van der Waals surface area contributed by atoms with Gasteiger partial charge in [-0.3, -0.25) is 14.6 Å². The van der Waals surface area contributed by atoms with Gasteiger partial charge in [-0.05, 0) is 31.5 Å². The lowest BCUT2D eigenvalue weighted by Gasteiger charge is -2.36. The molecular weight excluding hydrogens is 309 g/mol. The van der Waals surface area contributed by atoms with E-state index in [1.54, 1.807) is 31.0 Å². The molecule has 1 aromatic carbocycles. The van der Waals surface area contributed by atoms with Gasteiger partial charge in [-0.25, -0.2) is 4.39 Å². The lowest BCUT2D eigenvalue weighted by molar-refractivity contribution is -0.133. The maximum absolute atomic E-state index is 13.0. The molecule has 1 aliphatic rings. The monoisotopic (exact) mass is 337 g/mol. The summed E-state index contributed by atoms with van der Waals surface area (Å²) in [6.07, 6.45) is -0.319. The van der Waals surface area contributed by atoms with E-state index in [9.17, 15) is 14.3 Å². The van der Waals surface area contributed by atoms with Gasteiger partial charge in [0.1, 0.15) is 5.82 Å². The number of halogens is 1. The van der Waals surface area contributed by atoms with Gasteiger partial charge in [0, 0.05) is 39.8 Å². The fraction of sp³-hybridized carbons (Fsp3) is 0.611. The van der Waals surface area contributed by atoms with Crippen LogP contribution in [0.25, 0.3) is 0 Å². The second-order valence-electron chi connectivity index (χ2n) is 6.66. The van der Waals surface area contributed by atoms with E-state index in [1.165, 1.54) is 12.1 Å². The third kappa shape index (κ3) is 5.26. The molecule has 1 fully saturated rings. The van der Waals surface area contributed by atoms with Crippen LogP contribution in [0.4, 0.5) is 4.39 Å². The summed E-state index contributed by atoms with van der Waals surface area (Å²) in [6, 6.07) is 6.20. The van der Waals surface area contributed by atoms with E-state index >= 15 is 0 Å². The van der Waals surface area contributed by atoms with E-state index in [0.717, 1.165) is 31.7 Å². The van der Waals surface area contributed by atoms with Crippen molar-refractivity contribution in [2.75, 3.05) is 46.3 Å². The Labute approximate surface area is 143 Å². The summed E-state index contributed by atoms with van der Waals surface area (Å²) in [6.45, 7) is 8.22. The summed E-state index contributed by atoms with van der Waals surface area (Å²) in [4.78, 5) is 18.6. The normalized spacial score (nSPS) is 19.0. The van der Waals surface area contributed by atoms with Gasteiger partial charge in [0.2, 0.25) is 5.91 Å². The first-order chi connectivity index (χ1) is 11.4. The van der Waals surface area contributed by atoms with Crippen molar-refractivity contribution in [3.8, 4) is 0 Å². The van der Waals surface area contributed by atoms with Gasteiger partial charge in [-0.2, -0.15) is 0 Å². The molecule has 2 rings (SSSR count). The molecule has 0 aromatic heterocycles. The molecule has 2 atom stereocenters. The average Bonchev–Trinajstić information content (AvgIpc) is 2.55. The maximum Gasteiger partial charge on any atom is 0.236 e. The van der Waals surface area contributed by atoms with Crippen LogP contribution in [0.5, 0.6) is 0 Å². The summed E-state index contributed by atoms with van der Waals surface area (Å²) < 4.78 is 13.0. The molecule has 5 nitrogen and oxygen atoms in total. The molecule has 1 amide bonds. The summed E-state index contributed by atoms with van der Waals surface area (Å²) >= 11 is 0. The van der Waals surface area contributed by atoms with Crippen molar-refractivity contribution in [2.45, 2.75) is 26.0 Å².